The van der Waals surface area contributed by atoms with E-state index >= 15 is 0 Å². The molecule has 0 saturated carbocycles. The third-order valence-electron chi connectivity index (χ3n) is 1.87. The van der Waals surface area contributed by atoms with Crippen LogP contribution in [0.25, 0.3) is 0 Å². The van der Waals surface area contributed by atoms with Gasteiger partial charge in [-0.05, 0) is 0 Å². The van der Waals surface area contributed by atoms with Crippen LogP contribution in [-0.4, -0.2) is 4.98 Å². The highest BCUT2D eigenvalue weighted by Crippen LogP contribution is 2.28. The molecule has 6 heteroatoms. The Morgan fingerprint density at radius 2 is 2.20 bits per heavy atom. The van der Waals surface area contributed by atoms with Gasteiger partial charge in [0.15, 0.2) is 5.82 Å². The van der Waals surface area contributed by atoms with Crippen LogP contribution in [0.2, 0.25) is 0 Å². The van der Waals surface area contributed by atoms with Crippen molar-refractivity contribution < 1.29 is 13.2 Å². The first kappa shape index (κ1) is 11.8. The van der Waals surface area contributed by atoms with Crippen molar-refractivity contribution in [2.24, 2.45) is 0 Å². The molecule has 15 heavy (non-hydrogen) atoms. The van der Waals surface area contributed by atoms with Crippen LogP contribution in [0.3, 0.4) is 0 Å². The van der Waals surface area contributed by atoms with E-state index in [2.05, 4.69) is 4.98 Å². The molecule has 0 spiro atoms. The molecule has 1 aromatic heterocycles. The van der Waals surface area contributed by atoms with Crippen molar-refractivity contribution in [1.82, 2.24) is 4.98 Å². The largest absolute Gasteiger partial charge is 0.267 e. The normalized spacial score (nSPS) is 10.4. The van der Waals surface area contributed by atoms with Gasteiger partial charge < -0.3 is 0 Å². The molecule has 0 N–H and O–H groups in total. The summed E-state index contributed by atoms with van der Waals surface area (Å²) in [5, 5.41) is 8.45. The van der Waals surface area contributed by atoms with Gasteiger partial charge in [0.1, 0.15) is 0 Å². The Labute approximate surface area is 89.3 Å². The van der Waals surface area contributed by atoms with Crippen LogP contribution in [0, 0.1) is 17.1 Å². The van der Waals surface area contributed by atoms with E-state index in [1.54, 1.807) is 6.07 Å². The molecule has 1 rings (SSSR count). The van der Waals surface area contributed by atoms with Crippen molar-refractivity contribution in [2.75, 3.05) is 0 Å². The first-order valence-electron chi connectivity index (χ1n) is 3.99. The molecule has 0 aliphatic carbocycles. The highest BCUT2D eigenvalue weighted by Gasteiger charge is 2.21. The number of hydrogen-bond donors (Lipinski definition) is 0. The fourth-order valence-corrected chi connectivity index (χ4v) is 1.44. The van der Waals surface area contributed by atoms with Gasteiger partial charge in [-0.1, -0.05) is 0 Å². The van der Waals surface area contributed by atoms with E-state index in [-0.39, 0.29) is 23.6 Å². The summed E-state index contributed by atoms with van der Waals surface area (Å²) in [6.45, 7) is 0. The number of nitriles is 1. The van der Waals surface area contributed by atoms with Crippen LogP contribution < -0.4 is 0 Å². The van der Waals surface area contributed by atoms with Crippen LogP contribution in [0.5, 0.6) is 0 Å². The zero-order valence-electron chi connectivity index (χ0n) is 7.48. The molecule has 0 bridgehead atoms. The highest BCUT2D eigenvalue weighted by molar-refractivity contribution is 6.17. The van der Waals surface area contributed by atoms with Gasteiger partial charge >= 0.3 is 0 Å². The molecule has 1 heterocycles. The molecule has 0 atom stereocenters. The molecule has 0 saturated heterocycles. The molecule has 0 aliphatic rings. The summed E-state index contributed by atoms with van der Waals surface area (Å²) in [4.78, 5) is 3.57. The van der Waals surface area contributed by atoms with Gasteiger partial charge in [-0.3, -0.25) is 4.98 Å². The summed E-state index contributed by atoms with van der Waals surface area (Å²) in [6, 6.07) is 1.68. The van der Waals surface area contributed by atoms with Gasteiger partial charge in [-0.2, -0.15) is 5.26 Å². The minimum Gasteiger partial charge on any atom is -0.257 e. The first-order valence-corrected chi connectivity index (χ1v) is 4.52. The average molecular weight is 235 g/mol. The van der Waals surface area contributed by atoms with E-state index in [1.807, 2.05) is 0 Å². The van der Waals surface area contributed by atoms with Gasteiger partial charge in [-0.25, -0.2) is 13.2 Å². The van der Waals surface area contributed by atoms with Crippen LogP contribution in [0.15, 0.2) is 6.20 Å². The minimum absolute atomic E-state index is 0.109. The molecule has 0 unspecified atom stereocenters. The predicted octanol–water partition coefficient (Wildman–Crippen LogP) is 2.96. The SMILES string of the molecule is N#CCc1c(CCl)ncc(F)c1C(F)F. The Balaban J connectivity index is 3.38. The van der Waals surface area contributed by atoms with Crippen LogP contribution in [-0.2, 0) is 12.3 Å². The van der Waals surface area contributed by atoms with E-state index < -0.39 is 17.8 Å². The predicted molar refractivity (Wildman–Crippen MR) is 48.0 cm³/mol. The molecular formula is C9H6ClF3N2. The summed E-state index contributed by atoms with van der Waals surface area (Å²) in [5.41, 5.74) is -0.764. The lowest BCUT2D eigenvalue weighted by Gasteiger charge is -2.10. The molecule has 0 aromatic carbocycles. The number of pyridine rings is 1. The summed E-state index contributed by atoms with van der Waals surface area (Å²) in [6.07, 6.45) is -2.61. The maximum Gasteiger partial charge on any atom is 0.267 e. The molecule has 0 amide bonds. The lowest BCUT2D eigenvalue weighted by molar-refractivity contribution is 0.145. The van der Waals surface area contributed by atoms with Gasteiger partial charge in [0.05, 0.1) is 35.8 Å². The van der Waals surface area contributed by atoms with Crippen LogP contribution in [0.4, 0.5) is 13.2 Å². The summed E-state index contributed by atoms with van der Waals surface area (Å²) in [7, 11) is 0. The van der Waals surface area contributed by atoms with Gasteiger partial charge in [0.25, 0.3) is 6.43 Å². The number of hydrogen-bond acceptors (Lipinski definition) is 2. The van der Waals surface area contributed by atoms with Crippen molar-refractivity contribution in [2.45, 2.75) is 18.7 Å². The van der Waals surface area contributed by atoms with Crippen molar-refractivity contribution in [3.05, 3.63) is 28.8 Å². The van der Waals surface area contributed by atoms with Gasteiger partial charge in [-0.15, -0.1) is 11.6 Å². The number of aromatic nitrogens is 1. The lowest BCUT2D eigenvalue weighted by atomic mass is 10.0. The number of alkyl halides is 3. The Morgan fingerprint density at radius 3 is 2.67 bits per heavy atom. The zero-order chi connectivity index (χ0) is 11.4. The summed E-state index contributed by atoms with van der Waals surface area (Å²) >= 11 is 5.46. The highest BCUT2D eigenvalue weighted by atomic mass is 35.5. The second-order valence-electron chi connectivity index (χ2n) is 2.71. The Morgan fingerprint density at radius 1 is 1.53 bits per heavy atom. The Hall–Kier alpha value is -1.28. The number of rotatable bonds is 3. The van der Waals surface area contributed by atoms with E-state index in [0.29, 0.717) is 6.20 Å². The molecule has 1 aromatic rings. The molecule has 0 radical (unpaired) electrons. The van der Waals surface area contributed by atoms with E-state index in [0.717, 1.165) is 0 Å². The van der Waals surface area contributed by atoms with Gasteiger partial charge in [0.2, 0.25) is 0 Å². The second kappa shape index (κ2) is 4.99. The van der Waals surface area contributed by atoms with Gasteiger partial charge in [0, 0.05) is 5.56 Å². The average Bonchev–Trinajstić information content (AvgIpc) is 2.18. The number of nitrogens with zero attached hydrogens (tertiary/aromatic N) is 2. The fourth-order valence-electron chi connectivity index (χ4n) is 1.21. The van der Waals surface area contributed by atoms with Crippen molar-refractivity contribution in [3.8, 4) is 6.07 Å². The standard InChI is InChI=1S/C9H6ClF3N2/c10-3-7-5(1-2-14)8(9(12)13)6(11)4-15-7/h4,9H,1,3H2. The third kappa shape index (κ3) is 2.39. The monoisotopic (exact) mass is 234 g/mol. The Kier molecular flexibility index (Phi) is 3.92. The maximum absolute atomic E-state index is 13.0. The van der Waals surface area contributed by atoms with Crippen LogP contribution >= 0.6 is 11.6 Å². The molecule has 2 nitrogen and oxygen atoms in total. The molecular weight excluding hydrogens is 229 g/mol. The topological polar surface area (TPSA) is 36.7 Å². The Bertz CT molecular complexity index is 401. The lowest BCUT2D eigenvalue weighted by Crippen LogP contribution is -2.05. The number of halogens is 4. The molecule has 0 fully saturated rings. The van der Waals surface area contributed by atoms with E-state index in [1.165, 1.54) is 0 Å². The maximum atomic E-state index is 13.0. The smallest absolute Gasteiger partial charge is 0.257 e. The molecule has 0 aliphatic heterocycles. The first-order chi connectivity index (χ1) is 7.11. The summed E-state index contributed by atoms with van der Waals surface area (Å²) in [5.74, 6) is -1.24. The quantitative estimate of drug-likeness (QED) is 0.754. The fraction of sp³-hybridized carbons (Fsp3) is 0.333. The van der Waals surface area contributed by atoms with Crippen molar-refractivity contribution in [3.63, 3.8) is 0 Å². The van der Waals surface area contributed by atoms with Crippen molar-refractivity contribution >= 4 is 11.6 Å². The van der Waals surface area contributed by atoms with Crippen LogP contribution in [0.1, 0.15) is 23.2 Å². The second-order valence-corrected chi connectivity index (χ2v) is 2.98. The minimum atomic E-state index is -2.97. The molecule has 80 valence electrons. The zero-order valence-corrected chi connectivity index (χ0v) is 8.23. The van der Waals surface area contributed by atoms with Crippen molar-refractivity contribution in [1.29, 1.82) is 5.26 Å². The third-order valence-corrected chi connectivity index (χ3v) is 2.12. The van der Waals surface area contributed by atoms with E-state index in [4.69, 9.17) is 16.9 Å². The summed E-state index contributed by atoms with van der Waals surface area (Å²) < 4.78 is 38.1. The van der Waals surface area contributed by atoms with E-state index in [9.17, 15) is 13.2 Å².